The summed E-state index contributed by atoms with van der Waals surface area (Å²) in [5.74, 6) is 6.14. The zero-order valence-electron chi connectivity index (χ0n) is 15.9. The third-order valence-electron chi connectivity index (χ3n) is 5.55. The van der Waals surface area contributed by atoms with Gasteiger partial charge in [0.2, 0.25) is 0 Å². The molecule has 4 rings (SSSR count). The van der Waals surface area contributed by atoms with Crippen LogP contribution in [-0.2, 0) is 9.53 Å². The molecule has 3 heterocycles. The van der Waals surface area contributed by atoms with E-state index >= 15 is 0 Å². The first-order chi connectivity index (χ1) is 14.0. The number of para-hydroxylation sites is 1. The first-order valence-electron chi connectivity index (χ1n) is 9.72. The highest BCUT2D eigenvalue weighted by Gasteiger charge is 2.39. The van der Waals surface area contributed by atoms with Gasteiger partial charge < -0.3 is 19.3 Å². The molecule has 0 bridgehead atoms. The van der Waals surface area contributed by atoms with E-state index in [0.717, 1.165) is 6.42 Å². The van der Waals surface area contributed by atoms with Gasteiger partial charge in [0.05, 0.1) is 17.6 Å². The van der Waals surface area contributed by atoms with Crippen LogP contribution in [0.2, 0.25) is 0 Å². The van der Waals surface area contributed by atoms with Crippen molar-refractivity contribution in [1.82, 2.24) is 9.80 Å². The Bertz CT molecular complexity index is 845. The topological polar surface area (TPSA) is 59.1 Å². The molecular weight excluding hydrogens is 382 g/mol. The molecule has 1 aromatic rings. The van der Waals surface area contributed by atoms with E-state index in [1.807, 2.05) is 0 Å². The Labute approximate surface area is 167 Å². The molecule has 2 amide bonds. The number of halogens is 2. The van der Waals surface area contributed by atoms with E-state index in [2.05, 4.69) is 16.6 Å². The van der Waals surface area contributed by atoms with Gasteiger partial charge in [0.15, 0.2) is 5.78 Å². The molecule has 0 saturated carbocycles. The number of rotatable bonds is 2. The number of Topliss-reactive ketones (excluding diaryl/α,β-unsaturated/α-hetero) is 1. The number of carbonyl (C=O) groups is 2. The van der Waals surface area contributed by atoms with Crippen LogP contribution in [0.4, 0.5) is 13.6 Å². The highest BCUT2D eigenvalue weighted by molar-refractivity contribution is 5.81. The highest BCUT2D eigenvalue weighted by Crippen LogP contribution is 2.29. The molecule has 6 nitrogen and oxygen atoms in total. The van der Waals surface area contributed by atoms with Crippen molar-refractivity contribution in [3.63, 3.8) is 0 Å². The third-order valence-corrected chi connectivity index (χ3v) is 5.55. The number of hydrogen-bond donors (Lipinski definition) is 0. The molecule has 29 heavy (non-hydrogen) atoms. The van der Waals surface area contributed by atoms with Crippen molar-refractivity contribution in [2.45, 2.75) is 25.6 Å². The standard InChI is InChI=1S/C21H22F2N2O4/c22-20(23)29-19-4-2-1-3-15(19)6-5-14-10-25(11-14)21(27)24-8-7-18-16(12-24)9-17(26)13-28-18/h1-4,14,16,18,20H,7-13H2/t16-,18+/m1/s1. The van der Waals surface area contributed by atoms with Gasteiger partial charge in [-0.15, -0.1) is 0 Å². The molecule has 0 aliphatic carbocycles. The molecule has 3 saturated heterocycles. The first kappa shape index (κ1) is 19.6. The Kier molecular flexibility index (Phi) is 5.67. The van der Waals surface area contributed by atoms with Crippen molar-refractivity contribution in [2.75, 3.05) is 32.8 Å². The Hall–Kier alpha value is -2.66. The van der Waals surface area contributed by atoms with Crippen LogP contribution in [0.15, 0.2) is 24.3 Å². The van der Waals surface area contributed by atoms with E-state index in [4.69, 9.17) is 4.74 Å². The lowest BCUT2D eigenvalue weighted by molar-refractivity contribution is -0.140. The minimum Gasteiger partial charge on any atom is -0.434 e. The van der Waals surface area contributed by atoms with Crippen LogP contribution >= 0.6 is 0 Å². The van der Waals surface area contributed by atoms with Gasteiger partial charge in [-0.2, -0.15) is 8.78 Å². The maximum atomic E-state index is 12.7. The third kappa shape index (κ3) is 4.51. The van der Waals surface area contributed by atoms with Crippen molar-refractivity contribution >= 4 is 11.8 Å². The number of piperidine rings is 1. The number of ketones is 1. The number of hydrogen-bond acceptors (Lipinski definition) is 4. The molecule has 0 N–H and O–H groups in total. The van der Waals surface area contributed by atoms with Crippen LogP contribution in [0, 0.1) is 23.7 Å². The molecule has 2 atom stereocenters. The monoisotopic (exact) mass is 404 g/mol. The number of fused-ring (bicyclic) bond motifs is 1. The van der Waals surface area contributed by atoms with Gasteiger partial charge in [-0.05, 0) is 18.6 Å². The Balaban J connectivity index is 1.30. The normalized spacial score (nSPS) is 24.4. The average molecular weight is 404 g/mol. The summed E-state index contributed by atoms with van der Waals surface area (Å²) in [6.07, 6.45) is 1.30. The second-order valence-corrected chi connectivity index (χ2v) is 7.62. The Morgan fingerprint density at radius 3 is 2.79 bits per heavy atom. The fraction of sp³-hybridized carbons (Fsp3) is 0.524. The SMILES string of the molecule is O=C1CO[C@H]2CCN(C(=O)N3CC(C#Cc4ccccc4OC(F)F)C3)C[C@H]2C1. The lowest BCUT2D eigenvalue weighted by atomic mass is 9.88. The number of carbonyl (C=O) groups excluding carboxylic acids is 2. The fourth-order valence-electron chi connectivity index (χ4n) is 4.03. The molecule has 0 aromatic heterocycles. The number of likely N-dealkylation sites (tertiary alicyclic amines) is 2. The van der Waals surface area contributed by atoms with Gasteiger partial charge in [-0.25, -0.2) is 4.79 Å². The van der Waals surface area contributed by atoms with E-state index in [1.54, 1.807) is 28.0 Å². The van der Waals surface area contributed by atoms with E-state index in [0.29, 0.717) is 38.2 Å². The largest absolute Gasteiger partial charge is 0.434 e. The molecule has 8 heteroatoms. The quantitative estimate of drug-likeness (QED) is 0.711. The molecule has 3 fully saturated rings. The number of urea groups is 1. The molecule has 0 radical (unpaired) electrons. The average Bonchev–Trinajstić information content (AvgIpc) is 2.66. The molecule has 3 aliphatic rings. The van der Waals surface area contributed by atoms with E-state index in [1.165, 1.54) is 6.07 Å². The minimum absolute atomic E-state index is 0.00399. The molecule has 0 spiro atoms. The predicted octanol–water partition coefficient (Wildman–Crippen LogP) is 2.37. The van der Waals surface area contributed by atoms with Crippen LogP contribution in [0.3, 0.4) is 0 Å². The fourth-order valence-corrected chi connectivity index (χ4v) is 4.03. The molecule has 0 unspecified atom stereocenters. The summed E-state index contributed by atoms with van der Waals surface area (Å²) in [5.41, 5.74) is 0.404. The van der Waals surface area contributed by atoms with Crippen LogP contribution in [0.1, 0.15) is 18.4 Å². The number of ether oxygens (including phenoxy) is 2. The molecular formula is C21H22F2N2O4. The van der Waals surface area contributed by atoms with E-state index in [-0.39, 0.29) is 42.1 Å². The first-order valence-corrected chi connectivity index (χ1v) is 9.72. The maximum Gasteiger partial charge on any atom is 0.387 e. The van der Waals surface area contributed by atoms with Crippen LogP contribution in [0.25, 0.3) is 0 Å². The van der Waals surface area contributed by atoms with Crippen molar-refractivity contribution < 1.29 is 27.8 Å². The van der Waals surface area contributed by atoms with Gasteiger partial charge in [-0.3, -0.25) is 4.79 Å². The molecule has 154 valence electrons. The summed E-state index contributed by atoms with van der Waals surface area (Å²) < 4.78 is 35.0. The van der Waals surface area contributed by atoms with Crippen LogP contribution in [-0.4, -0.2) is 67.1 Å². The number of benzene rings is 1. The van der Waals surface area contributed by atoms with Crippen molar-refractivity contribution in [3.05, 3.63) is 29.8 Å². The van der Waals surface area contributed by atoms with E-state index in [9.17, 15) is 18.4 Å². The van der Waals surface area contributed by atoms with Gasteiger partial charge >= 0.3 is 12.6 Å². The summed E-state index contributed by atoms with van der Waals surface area (Å²) in [6.45, 7) is -0.538. The van der Waals surface area contributed by atoms with Crippen LogP contribution < -0.4 is 4.74 Å². The Morgan fingerprint density at radius 1 is 1.21 bits per heavy atom. The predicted molar refractivity (Wildman–Crippen MR) is 99.5 cm³/mol. The summed E-state index contributed by atoms with van der Waals surface area (Å²) in [5, 5.41) is 0. The second-order valence-electron chi connectivity index (χ2n) is 7.62. The van der Waals surface area contributed by atoms with Gasteiger partial charge in [0.25, 0.3) is 0 Å². The zero-order chi connectivity index (χ0) is 20.4. The zero-order valence-corrected chi connectivity index (χ0v) is 15.9. The lowest BCUT2D eigenvalue weighted by Crippen LogP contribution is -2.58. The van der Waals surface area contributed by atoms with Crippen molar-refractivity contribution in [3.8, 4) is 17.6 Å². The highest BCUT2D eigenvalue weighted by atomic mass is 19.3. The molecule has 3 aliphatic heterocycles. The van der Waals surface area contributed by atoms with Gasteiger partial charge in [0, 0.05) is 38.5 Å². The summed E-state index contributed by atoms with van der Waals surface area (Å²) in [4.78, 5) is 27.8. The summed E-state index contributed by atoms with van der Waals surface area (Å²) >= 11 is 0. The minimum atomic E-state index is -2.90. The summed E-state index contributed by atoms with van der Waals surface area (Å²) in [7, 11) is 0. The number of amides is 2. The smallest absolute Gasteiger partial charge is 0.387 e. The van der Waals surface area contributed by atoms with E-state index < -0.39 is 6.61 Å². The Morgan fingerprint density at radius 2 is 2.00 bits per heavy atom. The van der Waals surface area contributed by atoms with Crippen LogP contribution in [0.5, 0.6) is 5.75 Å². The molecule has 1 aromatic carbocycles. The number of nitrogens with zero attached hydrogens (tertiary/aromatic N) is 2. The lowest BCUT2D eigenvalue weighted by Gasteiger charge is -2.45. The second kappa shape index (κ2) is 8.37. The summed E-state index contributed by atoms with van der Waals surface area (Å²) in [6, 6.07) is 6.37. The number of alkyl halides is 2. The van der Waals surface area contributed by atoms with Gasteiger partial charge in [-0.1, -0.05) is 24.0 Å². The maximum absolute atomic E-state index is 12.7. The van der Waals surface area contributed by atoms with Crippen molar-refractivity contribution in [2.24, 2.45) is 11.8 Å². The van der Waals surface area contributed by atoms with Crippen molar-refractivity contribution in [1.29, 1.82) is 0 Å². The van der Waals surface area contributed by atoms with Gasteiger partial charge in [0.1, 0.15) is 12.4 Å².